The summed E-state index contributed by atoms with van der Waals surface area (Å²) in [7, 11) is 2.87. The van der Waals surface area contributed by atoms with Crippen LogP contribution in [0.1, 0.15) is 12.5 Å². The van der Waals surface area contributed by atoms with Crippen molar-refractivity contribution in [2.24, 2.45) is 10.2 Å². The van der Waals surface area contributed by atoms with Gasteiger partial charge in [-0.2, -0.15) is 0 Å². The van der Waals surface area contributed by atoms with Crippen LogP contribution >= 0.6 is 18.0 Å². The van der Waals surface area contributed by atoms with Gasteiger partial charge in [-0.05, 0) is 34.9 Å². The number of carbonyl (C=O) groups excluding carboxylic acids is 1. The number of hydrogen-bond acceptors (Lipinski definition) is 5. The van der Waals surface area contributed by atoms with Crippen LogP contribution in [0, 0.1) is 6.92 Å². The molecule has 5 nitrogen and oxygen atoms in total. The second kappa shape index (κ2) is 11.1. The summed E-state index contributed by atoms with van der Waals surface area (Å²) < 4.78 is 13.4. The van der Waals surface area contributed by atoms with Crippen LogP contribution in [-0.2, 0) is 9.53 Å². The molecular weight excluding hydrogens is 270 g/mol. The predicted octanol–water partition coefficient (Wildman–Crippen LogP) is 2.72. The maximum atomic E-state index is 10.1. The van der Waals surface area contributed by atoms with Crippen molar-refractivity contribution in [3.05, 3.63) is 29.8 Å². The van der Waals surface area contributed by atoms with Crippen LogP contribution in [-0.4, -0.2) is 19.1 Å². The van der Waals surface area contributed by atoms with Crippen molar-refractivity contribution in [1.29, 1.82) is 0 Å². The molecule has 0 spiro atoms. The number of rotatable bonds is 4. The Bertz CT molecular complexity index is 386. The summed E-state index contributed by atoms with van der Waals surface area (Å²) in [6, 6.07) is 7.86. The van der Waals surface area contributed by atoms with Crippen molar-refractivity contribution in [3.63, 3.8) is 0 Å². The third kappa shape index (κ3) is 8.13. The van der Waals surface area contributed by atoms with Gasteiger partial charge in [0.05, 0.1) is 13.2 Å². The number of hydrogen-bond donors (Lipinski definition) is 1. The number of nitrogens with zero attached hydrogens (tertiary/aromatic N) is 1. The lowest BCUT2D eigenvalue weighted by Gasteiger charge is -1.99. The molecule has 18 heavy (non-hydrogen) atoms. The summed E-state index contributed by atoms with van der Waals surface area (Å²) in [6.07, 6.45) is 0. The lowest BCUT2D eigenvalue weighted by molar-refractivity contribution is -0.141. The molecule has 0 radical (unpaired) electrons. The molecule has 0 fully saturated rings. The molecule has 1 atom stereocenters. The fraction of sp³-hybridized carbons (Fsp3) is 0.364. The van der Waals surface area contributed by atoms with Gasteiger partial charge in [0.25, 0.3) is 0 Å². The van der Waals surface area contributed by atoms with E-state index in [-0.39, 0.29) is 12.5 Å². The SMILES string of the molecule is CCOC(=O)CN.Cc1ccccc1OP=NP. The van der Waals surface area contributed by atoms with E-state index < -0.39 is 0 Å². The van der Waals surface area contributed by atoms with Gasteiger partial charge in [0.15, 0.2) is 0 Å². The van der Waals surface area contributed by atoms with Gasteiger partial charge in [0.2, 0.25) is 8.60 Å². The average molecular weight is 288 g/mol. The van der Waals surface area contributed by atoms with E-state index in [1.807, 2.05) is 31.2 Å². The quantitative estimate of drug-likeness (QED) is 0.683. The number of carbonyl (C=O) groups is 1. The minimum atomic E-state index is -0.345. The van der Waals surface area contributed by atoms with Crippen LogP contribution in [0.15, 0.2) is 28.8 Å². The topological polar surface area (TPSA) is 73.9 Å². The van der Waals surface area contributed by atoms with E-state index in [1.165, 1.54) is 0 Å². The highest BCUT2D eigenvalue weighted by Crippen LogP contribution is 2.21. The van der Waals surface area contributed by atoms with Gasteiger partial charge in [-0.15, -0.1) is 0 Å². The van der Waals surface area contributed by atoms with Crippen molar-refractivity contribution < 1.29 is 14.1 Å². The number of benzene rings is 1. The van der Waals surface area contributed by atoms with Crippen molar-refractivity contribution in [2.75, 3.05) is 13.2 Å². The zero-order chi connectivity index (χ0) is 13.8. The molecule has 1 rings (SSSR count). The van der Waals surface area contributed by atoms with Gasteiger partial charge in [-0.25, -0.2) is 4.52 Å². The molecular formula is C11H18N2O3P2. The van der Waals surface area contributed by atoms with Crippen LogP contribution < -0.4 is 10.3 Å². The molecule has 0 aliphatic heterocycles. The zero-order valence-corrected chi connectivity index (χ0v) is 12.5. The Morgan fingerprint density at radius 2 is 2.17 bits per heavy atom. The Kier molecular flexibility index (Phi) is 10.5. The first-order chi connectivity index (χ1) is 8.65. The third-order valence-electron chi connectivity index (χ3n) is 1.75. The number of ether oxygens (including phenoxy) is 1. The molecule has 1 unspecified atom stereocenters. The zero-order valence-electron chi connectivity index (χ0n) is 10.5. The second-order valence-corrected chi connectivity index (χ2v) is 4.33. The Hall–Kier alpha value is -1.02. The van der Waals surface area contributed by atoms with Crippen LogP contribution in [0.4, 0.5) is 0 Å². The lowest BCUT2D eigenvalue weighted by atomic mass is 10.2. The van der Waals surface area contributed by atoms with Gasteiger partial charge >= 0.3 is 5.97 Å². The molecule has 0 bridgehead atoms. The molecule has 0 heterocycles. The number of esters is 1. The molecule has 1 aromatic rings. The normalized spacial score (nSPS) is 9.56. The molecule has 0 aliphatic rings. The van der Waals surface area contributed by atoms with Gasteiger partial charge in [-0.1, -0.05) is 18.2 Å². The fourth-order valence-corrected chi connectivity index (χ4v) is 1.43. The maximum Gasteiger partial charge on any atom is 0.319 e. The van der Waals surface area contributed by atoms with Gasteiger partial charge in [0, 0.05) is 0 Å². The van der Waals surface area contributed by atoms with Crippen LogP contribution in [0.25, 0.3) is 0 Å². The number of aryl methyl sites for hydroxylation is 1. The first kappa shape index (κ1) is 17.0. The number of nitrogens with two attached hydrogens (primary N) is 1. The molecule has 1 aromatic carbocycles. The van der Waals surface area contributed by atoms with Crippen molar-refractivity contribution >= 4 is 24.0 Å². The summed E-state index contributed by atoms with van der Waals surface area (Å²) in [5.74, 6) is 0.544. The highest BCUT2D eigenvalue weighted by atomic mass is 31.1. The standard InChI is InChI=1S/C7H9NOP2.C4H9NO2/c1-6-4-2-3-5-7(6)9-11-8-10;1-2-7-4(6)3-5/h2-5H,10H2,1H3;2-3,5H2,1H3. The summed E-state index contributed by atoms with van der Waals surface area (Å²) in [5, 5.41) is 0. The van der Waals surface area contributed by atoms with E-state index in [1.54, 1.807) is 6.92 Å². The Balaban J connectivity index is 0.000000360. The molecule has 0 amide bonds. The molecule has 0 saturated heterocycles. The Morgan fingerprint density at radius 3 is 2.61 bits per heavy atom. The first-order valence-electron chi connectivity index (χ1n) is 5.34. The molecule has 2 N–H and O–H groups in total. The highest BCUT2D eigenvalue weighted by Gasteiger charge is 1.94. The smallest absolute Gasteiger partial charge is 0.319 e. The molecule has 7 heteroatoms. The summed E-state index contributed by atoms with van der Waals surface area (Å²) in [5.41, 5.74) is 6.02. The molecule has 0 saturated carbocycles. The average Bonchev–Trinajstić information content (AvgIpc) is 2.39. The lowest BCUT2D eigenvalue weighted by Crippen LogP contribution is -2.16. The summed E-state index contributed by atoms with van der Waals surface area (Å²) >= 11 is 0. The highest BCUT2D eigenvalue weighted by molar-refractivity contribution is 7.31. The van der Waals surface area contributed by atoms with E-state index in [9.17, 15) is 4.79 Å². The van der Waals surface area contributed by atoms with E-state index >= 15 is 0 Å². The fourth-order valence-electron chi connectivity index (χ4n) is 0.946. The second-order valence-electron chi connectivity index (χ2n) is 3.06. The van der Waals surface area contributed by atoms with Crippen LogP contribution in [0.3, 0.4) is 0 Å². The third-order valence-corrected chi connectivity index (χ3v) is 2.41. The Morgan fingerprint density at radius 1 is 1.50 bits per heavy atom. The van der Waals surface area contributed by atoms with Crippen LogP contribution in [0.5, 0.6) is 5.75 Å². The predicted molar refractivity (Wildman–Crippen MR) is 76.6 cm³/mol. The molecule has 0 aliphatic carbocycles. The molecule has 0 aromatic heterocycles. The summed E-state index contributed by atoms with van der Waals surface area (Å²) in [6.45, 7) is 4.14. The molecule has 100 valence electrons. The van der Waals surface area contributed by atoms with Gasteiger partial charge in [0.1, 0.15) is 5.75 Å². The largest absolute Gasteiger partial charge is 0.465 e. The van der Waals surface area contributed by atoms with Gasteiger partial charge < -0.3 is 15.0 Å². The Labute approximate surface area is 111 Å². The van der Waals surface area contributed by atoms with Crippen molar-refractivity contribution in [3.8, 4) is 5.75 Å². The van der Waals surface area contributed by atoms with E-state index in [0.29, 0.717) is 15.2 Å². The van der Waals surface area contributed by atoms with Crippen molar-refractivity contribution in [1.82, 2.24) is 0 Å². The minimum absolute atomic E-state index is 0.0200. The monoisotopic (exact) mass is 288 g/mol. The van der Waals surface area contributed by atoms with E-state index in [0.717, 1.165) is 11.3 Å². The van der Waals surface area contributed by atoms with E-state index in [4.69, 9.17) is 10.3 Å². The van der Waals surface area contributed by atoms with E-state index in [2.05, 4.69) is 18.6 Å². The maximum absolute atomic E-state index is 10.1. The minimum Gasteiger partial charge on any atom is -0.465 e. The summed E-state index contributed by atoms with van der Waals surface area (Å²) in [4.78, 5) is 10.1. The first-order valence-corrected chi connectivity index (χ1v) is 6.62. The van der Waals surface area contributed by atoms with Gasteiger partial charge in [-0.3, -0.25) is 4.79 Å². The number of para-hydroxylation sites is 1. The van der Waals surface area contributed by atoms with Crippen LogP contribution in [0.2, 0.25) is 0 Å². The van der Waals surface area contributed by atoms with Crippen molar-refractivity contribution in [2.45, 2.75) is 13.8 Å².